The van der Waals surface area contributed by atoms with Gasteiger partial charge in [-0.1, -0.05) is 56.3 Å². The van der Waals surface area contributed by atoms with Gasteiger partial charge >= 0.3 is 0 Å². The molecule has 1 aliphatic heterocycles. The highest BCUT2D eigenvalue weighted by Crippen LogP contribution is 2.31. The Kier molecular flexibility index (Phi) is 5.56. The Morgan fingerprint density at radius 2 is 1.71 bits per heavy atom. The number of nitrogens with zero attached hydrogens (tertiary/aromatic N) is 1. The third kappa shape index (κ3) is 3.52. The average molecular weight is 280 g/mol. The third-order valence-electron chi connectivity index (χ3n) is 3.63. The van der Waals surface area contributed by atoms with E-state index in [1.807, 2.05) is 27.0 Å². The van der Waals surface area contributed by atoms with Gasteiger partial charge in [0.25, 0.3) is 0 Å². The maximum Gasteiger partial charge on any atom is 0.0711 e. The highest BCUT2D eigenvalue weighted by molar-refractivity contribution is 5.58. The first-order valence-corrected chi connectivity index (χ1v) is 7.75. The predicted molar refractivity (Wildman–Crippen MR) is 92.4 cm³/mol. The van der Waals surface area contributed by atoms with Crippen LogP contribution in [0.15, 0.2) is 53.5 Å². The largest absolute Gasteiger partial charge is 0.376 e. The first-order valence-electron chi connectivity index (χ1n) is 7.75. The van der Waals surface area contributed by atoms with Crippen LogP contribution in [-0.4, -0.2) is 12.8 Å². The van der Waals surface area contributed by atoms with E-state index in [0.29, 0.717) is 0 Å². The van der Waals surface area contributed by atoms with E-state index >= 15 is 0 Å². The quantitative estimate of drug-likeness (QED) is 0.780. The second kappa shape index (κ2) is 7.63. The first-order chi connectivity index (χ1) is 10.4. The molecule has 0 saturated carbocycles. The molecule has 1 unspecified atom stereocenters. The molecule has 0 bridgehead atoms. The molecule has 0 amide bonds. The van der Waals surface area contributed by atoms with E-state index in [9.17, 15) is 0 Å². The standard InChI is InChI=1S/C17H18N2.C2H6/c1-2-18-12-17-15-9-5-3-7-13(15)11-14-8-4-6-10-16(14)19-17;1-2/h2-10,17,19H,11-12H2,1H3;1-2H3. The molecule has 2 heteroatoms. The normalized spacial score (nSPS) is 16.0. The minimum atomic E-state index is 0.260. The minimum Gasteiger partial charge on any atom is -0.376 e. The van der Waals surface area contributed by atoms with Gasteiger partial charge in [0.15, 0.2) is 0 Å². The van der Waals surface area contributed by atoms with Crippen molar-refractivity contribution in [1.82, 2.24) is 0 Å². The number of fused-ring (bicyclic) bond motifs is 2. The van der Waals surface area contributed by atoms with Gasteiger partial charge in [-0.05, 0) is 42.3 Å². The van der Waals surface area contributed by atoms with E-state index in [-0.39, 0.29) is 6.04 Å². The number of rotatable bonds is 2. The van der Waals surface area contributed by atoms with Crippen LogP contribution in [0.2, 0.25) is 0 Å². The number of hydrogen-bond donors (Lipinski definition) is 1. The average Bonchev–Trinajstić information content (AvgIpc) is 2.71. The maximum absolute atomic E-state index is 4.42. The number of benzene rings is 2. The van der Waals surface area contributed by atoms with Crippen LogP contribution in [0.1, 0.15) is 43.5 Å². The van der Waals surface area contributed by atoms with Crippen LogP contribution in [0.5, 0.6) is 0 Å². The molecule has 1 aliphatic rings. The summed E-state index contributed by atoms with van der Waals surface area (Å²) in [6.45, 7) is 6.75. The van der Waals surface area contributed by atoms with Crippen molar-refractivity contribution in [2.75, 3.05) is 11.9 Å². The lowest BCUT2D eigenvalue weighted by Gasteiger charge is -2.18. The van der Waals surface area contributed by atoms with Gasteiger partial charge in [0.05, 0.1) is 12.6 Å². The first kappa shape index (κ1) is 15.3. The van der Waals surface area contributed by atoms with Crippen LogP contribution < -0.4 is 5.32 Å². The molecule has 1 heterocycles. The zero-order valence-corrected chi connectivity index (χ0v) is 13.1. The van der Waals surface area contributed by atoms with Crippen molar-refractivity contribution in [2.45, 2.75) is 33.2 Å². The topological polar surface area (TPSA) is 24.4 Å². The molecule has 2 nitrogen and oxygen atoms in total. The monoisotopic (exact) mass is 280 g/mol. The van der Waals surface area contributed by atoms with E-state index in [1.165, 1.54) is 22.4 Å². The second-order valence-corrected chi connectivity index (χ2v) is 4.85. The Hall–Kier alpha value is -2.09. The van der Waals surface area contributed by atoms with Crippen LogP contribution in [0.3, 0.4) is 0 Å². The molecular weight excluding hydrogens is 256 g/mol. The summed E-state index contributed by atoms with van der Waals surface area (Å²) < 4.78 is 0. The smallest absolute Gasteiger partial charge is 0.0711 e. The maximum atomic E-state index is 4.42. The molecule has 1 N–H and O–H groups in total. The van der Waals surface area contributed by atoms with Crippen LogP contribution in [0.4, 0.5) is 5.69 Å². The molecular formula is C19H24N2. The van der Waals surface area contributed by atoms with Gasteiger partial charge in [-0.25, -0.2) is 0 Å². The lowest BCUT2D eigenvalue weighted by molar-refractivity contribution is 0.791. The number of aliphatic imine (C=N–C) groups is 1. The highest BCUT2D eigenvalue weighted by atomic mass is 15.0. The molecule has 0 spiro atoms. The summed E-state index contributed by atoms with van der Waals surface area (Å²) in [7, 11) is 0. The van der Waals surface area contributed by atoms with Crippen molar-refractivity contribution in [3.63, 3.8) is 0 Å². The molecule has 0 radical (unpaired) electrons. The Morgan fingerprint density at radius 1 is 1.05 bits per heavy atom. The van der Waals surface area contributed by atoms with E-state index in [0.717, 1.165) is 13.0 Å². The van der Waals surface area contributed by atoms with Crippen LogP contribution >= 0.6 is 0 Å². The summed E-state index contributed by atoms with van der Waals surface area (Å²) in [5.74, 6) is 0. The molecule has 1 atom stereocenters. The summed E-state index contributed by atoms with van der Waals surface area (Å²) >= 11 is 0. The van der Waals surface area contributed by atoms with E-state index < -0.39 is 0 Å². The van der Waals surface area contributed by atoms with Gasteiger partial charge < -0.3 is 5.32 Å². The number of hydrogen-bond acceptors (Lipinski definition) is 2. The molecule has 0 aliphatic carbocycles. The molecule has 3 rings (SSSR count). The van der Waals surface area contributed by atoms with Gasteiger partial charge in [-0.3, -0.25) is 4.99 Å². The van der Waals surface area contributed by atoms with Crippen LogP contribution in [0.25, 0.3) is 0 Å². The molecule has 0 saturated heterocycles. The summed E-state index contributed by atoms with van der Waals surface area (Å²) in [4.78, 5) is 4.42. The van der Waals surface area contributed by atoms with E-state index in [2.05, 4.69) is 58.8 Å². The zero-order chi connectivity index (χ0) is 15.1. The van der Waals surface area contributed by atoms with Crippen molar-refractivity contribution in [1.29, 1.82) is 0 Å². The predicted octanol–water partition coefficient (Wildman–Crippen LogP) is 4.86. The fraction of sp³-hybridized carbons (Fsp3) is 0.316. The summed E-state index contributed by atoms with van der Waals surface area (Å²) in [6, 6.07) is 17.5. The Labute approximate surface area is 127 Å². The fourth-order valence-electron chi connectivity index (χ4n) is 2.68. The SMILES string of the molecule is CC.CC=NCC1Nc2ccccc2Cc2ccccc21. The van der Waals surface area contributed by atoms with Gasteiger partial charge in [-0.15, -0.1) is 0 Å². The van der Waals surface area contributed by atoms with E-state index in [4.69, 9.17) is 0 Å². The lowest BCUT2D eigenvalue weighted by Crippen LogP contribution is -2.14. The molecule has 0 fully saturated rings. The number of nitrogens with one attached hydrogen (secondary N) is 1. The van der Waals surface area contributed by atoms with Gasteiger partial charge in [0, 0.05) is 5.69 Å². The molecule has 110 valence electrons. The fourth-order valence-corrected chi connectivity index (χ4v) is 2.68. The third-order valence-corrected chi connectivity index (χ3v) is 3.63. The number of para-hydroxylation sites is 1. The van der Waals surface area contributed by atoms with Gasteiger partial charge in [0.2, 0.25) is 0 Å². The van der Waals surface area contributed by atoms with Crippen LogP contribution in [-0.2, 0) is 6.42 Å². The van der Waals surface area contributed by atoms with Crippen molar-refractivity contribution < 1.29 is 0 Å². The minimum absolute atomic E-state index is 0.260. The van der Waals surface area contributed by atoms with Crippen molar-refractivity contribution in [3.05, 3.63) is 65.2 Å². The van der Waals surface area contributed by atoms with Gasteiger partial charge in [-0.2, -0.15) is 0 Å². The Bertz CT molecular complexity index is 602. The summed E-state index contributed by atoms with van der Waals surface area (Å²) in [6.07, 6.45) is 2.87. The Morgan fingerprint density at radius 3 is 2.48 bits per heavy atom. The number of anilines is 1. The van der Waals surface area contributed by atoms with Crippen LogP contribution in [0, 0.1) is 0 Å². The van der Waals surface area contributed by atoms with Crippen molar-refractivity contribution in [2.24, 2.45) is 4.99 Å². The Balaban J connectivity index is 0.000000774. The molecule has 0 aromatic heterocycles. The molecule has 21 heavy (non-hydrogen) atoms. The second-order valence-electron chi connectivity index (χ2n) is 4.85. The summed E-state index contributed by atoms with van der Waals surface area (Å²) in [5, 5.41) is 3.64. The highest BCUT2D eigenvalue weighted by Gasteiger charge is 2.20. The lowest BCUT2D eigenvalue weighted by atomic mass is 9.97. The summed E-state index contributed by atoms with van der Waals surface area (Å²) in [5.41, 5.74) is 5.36. The van der Waals surface area contributed by atoms with Crippen molar-refractivity contribution >= 4 is 11.9 Å². The van der Waals surface area contributed by atoms with Crippen molar-refractivity contribution in [3.8, 4) is 0 Å². The molecule has 2 aromatic rings. The van der Waals surface area contributed by atoms with E-state index in [1.54, 1.807) is 0 Å². The molecule has 2 aromatic carbocycles. The zero-order valence-electron chi connectivity index (χ0n) is 13.1. The van der Waals surface area contributed by atoms with Gasteiger partial charge in [0.1, 0.15) is 0 Å².